The summed E-state index contributed by atoms with van der Waals surface area (Å²) in [7, 11) is 0. The highest BCUT2D eigenvalue weighted by atomic mass is 16.5. The average Bonchev–Trinajstić information content (AvgIpc) is 3.11. The summed E-state index contributed by atoms with van der Waals surface area (Å²) >= 11 is 0. The zero-order valence-corrected chi connectivity index (χ0v) is 33.7. The van der Waals surface area contributed by atoms with E-state index in [0.717, 1.165) is 83.7 Å². The highest BCUT2D eigenvalue weighted by Gasteiger charge is 2.14. The molecular weight excluding hydrogens is 626 g/mol. The van der Waals surface area contributed by atoms with Crippen molar-refractivity contribution in [2.45, 2.75) is 219 Å². The van der Waals surface area contributed by atoms with Crippen LogP contribution in [0.1, 0.15) is 213 Å². The van der Waals surface area contributed by atoms with Gasteiger partial charge < -0.3 is 19.3 Å². The summed E-state index contributed by atoms with van der Waals surface area (Å²) in [5, 5.41) is 9.49. The average molecular weight is 712 g/mol. The largest absolute Gasteiger partial charge is 0.466 e. The predicted octanol–water partition coefficient (Wildman–Crippen LogP) is 11.5. The van der Waals surface area contributed by atoms with Crippen molar-refractivity contribution < 1.29 is 28.9 Å². The second-order valence-corrected chi connectivity index (χ2v) is 14.7. The quantitative estimate of drug-likeness (QED) is 0.0499. The summed E-state index contributed by atoms with van der Waals surface area (Å²) in [5.74, 6) is -0.118. The van der Waals surface area contributed by atoms with Crippen molar-refractivity contribution >= 4 is 11.9 Å². The van der Waals surface area contributed by atoms with Crippen LogP contribution in [0.15, 0.2) is 0 Å². The van der Waals surface area contributed by atoms with Crippen molar-refractivity contribution in [2.75, 3.05) is 46.1 Å². The third kappa shape index (κ3) is 36.6. The standard InChI is InChI=1S/C43H85NO6/c1-4-7-10-13-16-17-18-21-28-39-49-42(46)32-25-22-27-34-44(35-37-45)36-40-48-38-29-26-33-43(47)50-41(30-23-19-14-11-8-5-2)31-24-20-15-12-9-6-3/h41,45H,4-40H2,1-3H3. The van der Waals surface area contributed by atoms with E-state index in [1.54, 1.807) is 0 Å². The Morgan fingerprint density at radius 2 is 0.940 bits per heavy atom. The van der Waals surface area contributed by atoms with Crippen LogP contribution in [-0.2, 0) is 23.8 Å². The van der Waals surface area contributed by atoms with Crippen LogP contribution in [0.3, 0.4) is 0 Å². The number of nitrogens with zero attached hydrogens (tertiary/aromatic N) is 1. The van der Waals surface area contributed by atoms with Crippen LogP contribution >= 0.6 is 0 Å². The van der Waals surface area contributed by atoms with Crippen LogP contribution in [-0.4, -0.2) is 74.1 Å². The Bertz CT molecular complexity index is 689. The molecule has 0 unspecified atom stereocenters. The lowest BCUT2D eigenvalue weighted by Crippen LogP contribution is -2.31. The third-order valence-electron chi connectivity index (χ3n) is 9.81. The Labute approximate surface area is 310 Å². The van der Waals surface area contributed by atoms with E-state index < -0.39 is 0 Å². The van der Waals surface area contributed by atoms with Crippen molar-refractivity contribution in [3.05, 3.63) is 0 Å². The monoisotopic (exact) mass is 712 g/mol. The van der Waals surface area contributed by atoms with Crippen molar-refractivity contribution in [1.29, 1.82) is 0 Å². The number of unbranched alkanes of at least 4 members (excludes halogenated alkanes) is 21. The van der Waals surface area contributed by atoms with Gasteiger partial charge in [-0.25, -0.2) is 0 Å². The van der Waals surface area contributed by atoms with E-state index in [1.165, 1.54) is 109 Å². The molecule has 0 spiro atoms. The van der Waals surface area contributed by atoms with Crippen molar-refractivity contribution in [1.82, 2.24) is 4.90 Å². The molecule has 7 heteroatoms. The first-order chi connectivity index (χ1) is 24.6. The van der Waals surface area contributed by atoms with Crippen LogP contribution < -0.4 is 0 Å². The normalized spacial score (nSPS) is 11.6. The molecule has 0 fully saturated rings. The van der Waals surface area contributed by atoms with Crippen LogP contribution in [0.5, 0.6) is 0 Å². The van der Waals surface area contributed by atoms with Crippen LogP contribution in [0.2, 0.25) is 0 Å². The molecule has 0 aliphatic rings. The van der Waals surface area contributed by atoms with E-state index in [4.69, 9.17) is 14.2 Å². The minimum atomic E-state index is -0.0698. The lowest BCUT2D eigenvalue weighted by molar-refractivity contribution is -0.150. The Balaban J connectivity index is 3.96. The summed E-state index contributed by atoms with van der Waals surface area (Å²) in [5.41, 5.74) is 0. The second kappa shape index (κ2) is 40.6. The summed E-state index contributed by atoms with van der Waals surface area (Å²) in [6.07, 6.45) is 34.1. The maximum absolute atomic E-state index is 12.6. The van der Waals surface area contributed by atoms with Gasteiger partial charge in [-0.05, 0) is 64.3 Å². The molecule has 0 aromatic carbocycles. The maximum atomic E-state index is 12.6. The topological polar surface area (TPSA) is 85.3 Å². The van der Waals surface area contributed by atoms with Gasteiger partial charge in [0.1, 0.15) is 6.10 Å². The number of ether oxygens (including phenoxy) is 3. The molecule has 0 aliphatic carbocycles. The summed E-state index contributed by atoms with van der Waals surface area (Å²) < 4.78 is 17.3. The van der Waals surface area contributed by atoms with Crippen molar-refractivity contribution in [3.63, 3.8) is 0 Å². The molecule has 0 bridgehead atoms. The van der Waals surface area contributed by atoms with Gasteiger partial charge in [-0.3, -0.25) is 14.5 Å². The van der Waals surface area contributed by atoms with Gasteiger partial charge in [-0.15, -0.1) is 0 Å². The lowest BCUT2D eigenvalue weighted by Gasteiger charge is -2.21. The van der Waals surface area contributed by atoms with E-state index >= 15 is 0 Å². The second-order valence-electron chi connectivity index (χ2n) is 14.7. The van der Waals surface area contributed by atoms with E-state index in [2.05, 4.69) is 25.7 Å². The zero-order valence-electron chi connectivity index (χ0n) is 33.7. The Kier molecular flexibility index (Phi) is 39.6. The van der Waals surface area contributed by atoms with Gasteiger partial charge in [0.15, 0.2) is 0 Å². The number of carbonyl (C=O) groups is 2. The Morgan fingerprint density at radius 3 is 1.50 bits per heavy atom. The first kappa shape index (κ1) is 48.8. The fraction of sp³-hybridized carbons (Fsp3) is 0.953. The fourth-order valence-electron chi connectivity index (χ4n) is 6.51. The molecule has 0 rings (SSSR count). The molecule has 0 saturated heterocycles. The number of hydrogen-bond acceptors (Lipinski definition) is 7. The van der Waals surface area contributed by atoms with Crippen LogP contribution in [0.4, 0.5) is 0 Å². The van der Waals surface area contributed by atoms with Gasteiger partial charge in [0.25, 0.3) is 0 Å². The number of esters is 2. The van der Waals surface area contributed by atoms with Crippen LogP contribution in [0, 0.1) is 0 Å². The molecule has 0 aliphatic heterocycles. The Hall–Kier alpha value is -1.18. The highest BCUT2D eigenvalue weighted by molar-refractivity contribution is 5.69. The smallest absolute Gasteiger partial charge is 0.306 e. The summed E-state index contributed by atoms with van der Waals surface area (Å²) in [6, 6.07) is 0. The number of rotatable bonds is 41. The highest BCUT2D eigenvalue weighted by Crippen LogP contribution is 2.18. The first-order valence-corrected chi connectivity index (χ1v) is 21.8. The molecule has 1 N–H and O–H groups in total. The maximum Gasteiger partial charge on any atom is 0.306 e. The lowest BCUT2D eigenvalue weighted by atomic mass is 10.0. The van der Waals surface area contributed by atoms with E-state index in [0.29, 0.717) is 39.2 Å². The zero-order chi connectivity index (χ0) is 36.6. The summed E-state index contributed by atoms with van der Waals surface area (Å²) in [4.78, 5) is 26.9. The molecule has 0 heterocycles. The third-order valence-corrected chi connectivity index (χ3v) is 9.81. The first-order valence-electron chi connectivity index (χ1n) is 21.8. The van der Waals surface area contributed by atoms with Crippen molar-refractivity contribution in [2.24, 2.45) is 0 Å². The van der Waals surface area contributed by atoms with Gasteiger partial charge in [-0.1, -0.05) is 143 Å². The molecule has 7 nitrogen and oxygen atoms in total. The van der Waals surface area contributed by atoms with Gasteiger partial charge >= 0.3 is 11.9 Å². The van der Waals surface area contributed by atoms with Crippen LogP contribution in [0.25, 0.3) is 0 Å². The van der Waals surface area contributed by atoms with Gasteiger partial charge in [0.05, 0.1) is 19.8 Å². The minimum absolute atomic E-state index is 0.0480. The molecule has 0 amide bonds. The Morgan fingerprint density at radius 1 is 0.480 bits per heavy atom. The molecule has 298 valence electrons. The van der Waals surface area contributed by atoms with E-state index in [9.17, 15) is 14.7 Å². The SMILES string of the molecule is CCCCCCCCCCCOC(=O)CCCCCN(CCO)CCOCCCCC(=O)OC(CCCCCCCC)CCCCCCCC. The van der Waals surface area contributed by atoms with E-state index in [-0.39, 0.29) is 24.6 Å². The van der Waals surface area contributed by atoms with Gasteiger partial charge in [-0.2, -0.15) is 0 Å². The fourth-order valence-corrected chi connectivity index (χ4v) is 6.51. The molecule has 50 heavy (non-hydrogen) atoms. The molecule has 0 radical (unpaired) electrons. The van der Waals surface area contributed by atoms with Gasteiger partial charge in [0.2, 0.25) is 0 Å². The number of aliphatic hydroxyl groups excluding tert-OH is 1. The van der Waals surface area contributed by atoms with E-state index in [1.807, 2.05) is 0 Å². The van der Waals surface area contributed by atoms with Crippen molar-refractivity contribution in [3.8, 4) is 0 Å². The minimum Gasteiger partial charge on any atom is -0.466 e. The molecule has 0 saturated carbocycles. The number of aliphatic hydroxyl groups is 1. The number of hydrogen-bond donors (Lipinski definition) is 1. The molecule has 0 aromatic heterocycles. The molecule has 0 atom stereocenters. The molecular formula is C43H85NO6. The predicted molar refractivity (Wildman–Crippen MR) is 211 cm³/mol. The molecule has 0 aromatic rings. The van der Waals surface area contributed by atoms with Gasteiger partial charge in [0, 0.05) is 32.5 Å². The summed E-state index contributed by atoms with van der Waals surface area (Å²) in [6.45, 7) is 11.0. The number of carbonyl (C=O) groups excluding carboxylic acids is 2.